The van der Waals surface area contributed by atoms with Crippen LogP contribution in [0.1, 0.15) is 26.3 Å². The summed E-state index contributed by atoms with van der Waals surface area (Å²) in [5, 5.41) is 4.00. The van der Waals surface area contributed by atoms with E-state index in [1.165, 1.54) is 10.5 Å². The van der Waals surface area contributed by atoms with Gasteiger partial charge >= 0.3 is 0 Å². The van der Waals surface area contributed by atoms with Gasteiger partial charge in [0, 0.05) is 29.8 Å². The molecule has 102 valence electrons. The third kappa shape index (κ3) is 6.43. The fraction of sp³-hybridized carbons (Fsp3) is 0.600. The molecule has 0 radical (unpaired) electrons. The highest BCUT2D eigenvalue weighted by atomic mass is 32.2. The molecule has 0 spiro atoms. The summed E-state index contributed by atoms with van der Waals surface area (Å²) in [4.78, 5) is 3.72. The summed E-state index contributed by atoms with van der Waals surface area (Å²) < 4.78 is 0. The molecule has 1 aromatic rings. The highest BCUT2D eigenvalue weighted by Crippen LogP contribution is 2.23. The van der Waals surface area contributed by atoms with Crippen LogP contribution in [0.25, 0.3) is 0 Å². The Morgan fingerprint density at radius 3 is 2.44 bits per heavy atom. The average molecular weight is 266 g/mol. The van der Waals surface area contributed by atoms with Crippen LogP contribution in [0.4, 0.5) is 0 Å². The number of rotatable bonds is 8. The number of benzene rings is 1. The van der Waals surface area contributed by atoms with Crippen molar-refractivity contribution in [3.63, 3.8) is 0 Å². The average Bonchev–Trinajstić information content (AvgIpc) is 2.31. The number of nitrogens with zero attached hydrogens (tertiary/aromatic N) is 1. The summed E-state index contributed by atoms with van der Waals surface area (Å²) >= 11 is 1.92. The van der Waals surface area contributed by atoms with Crippen molar-refractivity contribution in [1.82, 2.24) is 10.2 Å². The van der Waals surface area contributed by atoms with Gasteiger partial charge in [-0.3, -0.25) is 0 Å². The third-order valence-electron chi connectivity index (χ3n) is 2.67. The van der Waals surface area contributed by atoms with Crippen molar-refractivity contribution in [2.24, 2.45) is 0 Å². The van der Waals surface area contributed by atoms with E-state index in [1.807, 2.05) is 11.8 Å². The van der Waals surface area contributed by atoms with E-state index in [2.05, 4.69) is 62.3 Å². The molecule has 1 rings (SSSR count). The van der Waals surface area contributed by atoms with Gasteiger partial charge in [-0.15, -0.1) is 11.8 Å². The zero-order valence-electron chi connectivity index (χ0n) is 12.1. The highest BCUT2D eigenvalue weighted by Gasteiger charge is 2.01. The lowest BCUT2D eigenvalue weighted by atomic mass is 10.2. The molecule has 0 unspecified atom stereocenters. The maximum atomic E-state index is 3.35. The second-order valence-electron chi connectivity index (χ2n) is 4.90. The van der Waals surface area contributed by atoms with Crippen molar-refractivity contribution in [3.05, 3.63) is 29.8 Å². The monoisotopic (exact) mass is 266 g/mol. The van der Waals surface area contributed by atoms with Crippen molar-refractivity contribution in [3.8, 4) is 0 Å². The van der Waals surface area contributed by atoms with Gasteiger partial charge in [0.15, 0.2) is 0 Å². The number of thioether (sulfide) groups is 1. The van der Waals surface area contributed by atoms with E-state index >= 15 is 0 Å². The van der Waals surface area contributed by atoms with Gasteiger partial charge in [-0.2, -0.15) is 0 Å². The maximum absolute atomic E-state index is 3.35. The zero-order chi connectivity index (χ0) is 13.4. The lowest BCUT2D eigenvalue weighted by molar-refractivity contribution is 0.325. The number of hydrogen-bond acceptors (Lipinski definition) is 3. The Morgan fingerprint density at radius 1 is 1.22 bits per heavy atom. The minimum absolute atomic E-state index is 0.652. The van der Waals surface area contributed by atoms with E-state index in [4.69, 9.17) is 0 Å². The summed E-state index contributed by atoms with van der Waals surface area (Å²) in [6.07, 6.45) is 0. The SMILES string of the molecule is CCNCCN(C)Cc1ccc(SC(C)C)cc1. The van der Waals surface area contributed by atoms with Gasteiger partial charge in [-0.05, 0) is 31.3 Å². The minimum Gasteiger partial charge on any atom is -0.316 e. The standard InChI is InChI=1S/C15H26N2S/c1-5-16-10-11-17(4)12-14-6-8-15(9-7-14)18-13(2)3/h6-9,13,16H,5,10-12H2,1-4H3. The largest absolute Gasteiger partial charge is 0.316 e. The summed E-state index contributed by atoms with van der Waals surface area (Å²) in [6, 6.07) is 8.96. The van der Waals surface area contributed by atoms with Crippen molar-refractivity contribution in [1.29, 1.82) is 0 Å². The van der Waals surface area contributed by atoms with Crippen LogP contribution < -0.4 is 5.32 Å². The third-order valence-corrected chi connectivity index (χ3v) is 3.68. The van der Waals surface area contributed by atoms with Gasteiger partial charge in [-0.25, -0.2) is 0 Å². The van der Waals surface area contributed by atoms with Gasteiger partial charge in [0.05, 0.1) is 0 Å². The van der Waals surface area contributed by atoms with Crippen molar-refractivity contribution >= 4 is 11.8 Å². The number of likely N-dealkylation sites (N-methyl/N-ethyl adjacent to an activating group) is 2. The zero-order valence-corrected chi connectivity index (χ0v) is 12.9. The fourth-order valence-electron chi connectivity index (χ4n) is 1.78. The van der Waals surface area contributed by atoms with Crippen LogP contribution in [0.2, 0.25) is 0 Å². The molecule has 0 bridgehead atoms. The Balaban J connectivity index is 2.38. The normalized spacial score (nSPS) is 11.4. The second-order valence-corrected chi connectivity index (χ2v) is 6.55. The highest BCUT2D eigenvalue weighted by molar-refractivity contribution is 7.99. The quantitative estimate of drug-likeness (QED) is 0.574. The summed E-state index contributed by atoms with van der Waals surface area (Å²) in [5.74, 6) is 0. The Bertz CT molecular complexity index is 322. The van der Waals surface area contributed by atoms with Crippen LogP contribution in [-0.2, 0) is 6.54 Å². The first kappa shape index (κ1) is 15.5. The molecule has 18 heavy (non-hydrogen) atoms. The number of hydrogen-bond donors (Lipinski definition) is 1. The predicted octanol–water partition coefficient (Wildman–Crippen LogP) is 3.23. The van der Waals surface area contributed by atoms with Crippen LogP contribution in [0.15, 0.2) is 29.2 Å². The predicted molar refractivity (Wildman–Crippen MR) is 82.3 cm³/mol. The molecule has 3 heteroatoms. The molecule has 0 heterocycles. The molecule has 0 saturated carbocycles. The van der Waals surface area contributed by atoms with Crippen molar-refractivity contribution in [2.75, 3.05) is 26.7 Å². The molecule has 0 fully saturated rings. The molecule has 1 aromatic carbocycles. The van der Waals surface area contributed by atoms with Gasteiger partial charge < -0.3 is 10.2 Å². The van der Waals surface area contributed by atoms with Crippen LogP contribution >= 0.6 is 11.8 Å². The Kier molecular flexibility index (Phi) is 7.40. The smallest absolute Gasteiger partial charge is 0.0231 e. The first-order valence-electron chi connectivity index (χ1n) is 6.76. The van der Waals surface area contributed by atoms with Crippen LogP contribution in [0.3, 0.4) is 0 Å². The van der Waals surface area contributed by atoms with E-state index in [9.17, 15) is 0 Å². The lowest BCUT2D eigenvalue weighted by Gasteiger charge is -2.17. The summed E-state index contributed by atoms with van der Waals surface area (Å²) in [7, 11) is 2.17. The van der Waals surface area contributed by atoms with E-state index in [0.717, 1.165) is 26.2 Å². The van der Waals surface area contributed by atoms with Gasteiger partial charge in [-0.1, -0.05) is 32.9 Å². The van der Waals surface area contributed by atoms with Gasteiger partial charge in [0.2, 0.25) is 0 Å². The van der Waals surface area contributed by atoms with Crippen LogP contribution in [0.5, 0.6) is 0 Å². The first-order chi connectivity index (χ1) is 8.61. The Labute approximate surface area is 116 Å². The molecule has 0 saturated heterocycles. The molecular weight excluding hydrogens is 240 g/mol. The van der Waals surface area contributed by atoms with E-state index in [1.54, 1.807) is 0 Å². The van der Waals surface area contributed by atoms with Gasteiger partial charge in [0.25, 0.3) is 0 Å². The maximum Gasteiger partial charge on any atom is 0.0231 e. The molecule has 0 amide bonds. The van der Waals surface area contributed by atoms with Crippen LogP contribution in [-0.4, -0.2) is 36.8 Å². The summed E-state index contributed by atoms with van der Waals surface area (Å²) in [6.45, 7) is 10.8. The Morgan fingerprint density at radius 2 is 1.89 bits per heavy atom. The lowest BCUT2D eigenvalue weighted by Crippen LogP contribution is -2.28. The van der Waals surface area contributed by atoms with Gasteiger partial charge in [0.1, 0.15) is 0 Å². The minimum atomic E-state index is 0.652. The Hall–Kier alpha value is -0.510. The van der Waals surface area contributed by atoms with Crippen LogP contribution in [0, 0.1) is 0 Å². The first-order valence-corrected chi connectivity index (χ1v) is 7.64. The molecular formula is C15H26N2S. The topological polar surface area (TPSA) is 15.3 Å². The van der Waals surface area contributed by atoms with Crippen molar-refractivity contribution in [2.45, 2.75) is 37.5 Å². The van der Waals surface area contributed by atoms with E-state index < -0.39 is 0 Å². The van der Waals surface area contributed by atoms with Crippen molar-refractivity contribution < 1.29 is 0 Å². The number of nitrogens with one attached hydrogen (secondary N) is 1. The fourth-order valence-corrected chi connectivity index (χ4v) is 2.62. The molecule has 2 nitrogen and oxygen atoms in total. The van der Waals surface area contributed by atoms with E-state index in [0.29, 0.717) is 5.25 Å². The molecule has 0 aliphatic heterocycles. The molecule has 0 atom stereocenters. The molecule has 1 N–H and O–H groups in total. The second kappa shape index (κ2) is 8.57. The molecule has 0 aromatic heterocycles. The molecule has 0 aliphatic carbocycles. The molecule has 0 aliphatic rings. The van der Waals surface area contributed by atoms with E-state index in [-0.39, 0.29) is 0 Å². The summed E-state index contributed by atoms with van der Waals surface area (Å²) in [5.41, 5.74) is 1.39.